The summed E-state index contributed by atoms with van der Waals surface area (Å²) in [6, 6.07) is 0. The predicted molar refractivity (Wildman–Crippen MR) is 78.4 cm³/mol. The van der Waals surface area contributed by atoms with Crippen LogP contribution in [0.5, 0.6) is 0 Å². The standard InChI is InChI=1S/C13H13F3N4OS/c1-6-7(2)22-12-10(6)11(18-5-19-12)17-4-8-3-9(20-21-8)13(14,15)16/h5,8H,3-4H2,1-2H3,(H,17,18,19). The minimum Gasteiger partial charge on any atom is -0.390 e. The first kappa shape index (κ1) is 15.0. The van der Waals surface area contributed by atoms with Crippen molar-refractivity contribution in [1.29, 1.82) is 0 Å². The summed E-state index contributed by atoms with van der Waals surface area (Å²) >= 11 is 1.56. The Kier molecular flexibility index (Phi) is 3.67. The third-order valence-corrected chi connectivity index (χ3v) is 4.64. The summed E-state index contributed by atoms with van der Waals surface area (Å²) in [6.07, 6.45) is -3.90. The number of rotatable bonds is 3. The van der Waals surface area contributed by atoms with E-state index in [2.05, 4.69) is 20.4 Å². The Hall–Kier alpha value is -1.90. The molecule has 3 rings (SSSR count). The molecule has 0 saturated heterocycles. The van der Waals surface area contributed by atoms with E-state index in [0.29, 0.717) is 5.82 Å². The lowest BCUT2D eigenvalue weighted by Gasteiger charge is -2.11. The molecule has 1 atom stereocenters. The fraction of sp³-hybridized carbons (Fsp3) is 0.462. The zero-order valence-corrected chi connectivity index (χ0v) is 12.7. The Morgan fingerprint density at radius 1 is 1.36 bits per heavy atom. The van der Waals surface area contributed by atoms with Crippen LogP contribution in [0.2, 0.25) is 0 Å². The molecule has 1 N–H and O–H groups in total. The number of aromatic nitrogens is 2. The molecule has 1 aliphatic heterocycles. The minimum atomic E-state index is -4.43. The van der Waals surface area contributed by atoms with E-state index in [-0.39, 0.29) is 13.0 Å². The second-order valence-electron chi connectivity index (χ2n) is 5.03. The van der Waals surface area contributed by atoms with E-state index in [4.69, 9.17) is 4.84 Å². The van der Waals surface area contributed by atoms with E-state index in [1.165, 1.54) is 6.33 Å². The van der Waals surface area contributed by atoms with Crippen LogP contribution >= 0.6 is 11.3 Å². The molecule has 9 heteroatoms. The highest BCUT2D eigenvalue weighted by Gasteiger charge is 2.41. The highest BCUT2D eigenvalue weighted by molar-refractivity contribution is 7.18. The molecule has 0 spiro atoms. The molecule has 0 saturated carbocycles. The zero-order valence-electron chi connectivity index (χ0n) is 11.9. The molecule has 0 bridgehead atoms. The number of hydrogen-bond donors (Lipinski definition) is 1. The number of nitrogens with zero attached hydrogens (tertiary/aromatic N) is 3. The molecule has 118 valence electrons. The Balaban J connectivity index is 1.71. The summed E-state index contributed by atoms with van der Waals surface area (Å²) < 4.78 is 37.5. The van der Waals surface area contributed by atoms with Crippen molar-refractivity contribution >= 4 is 33.1 Å². The van der Waals surface area contributed by atoms with Gasteiger partial charge >= 0.3 is 6.18 Å². The number of fused-ring (bicyclic) bond motifs is 1. The highest BCUT2D eigenvalue weighted by Crippen LogP contribution is 2.32. The van der Waals surface area contributed by atoms with Crippen molar-refractivity contribution in [2.75, 3.05) is 11.9 Å². The average molecular weight is 330 g/mol. The van der Waals surface area contributed by atoms with Crippen LogP contribution in [0.3, 0.4) is 0 Å². The summed E-state index contributed by atoms with van der Waals surface area (Å²) in [5.74, 6) is 0.607. The number of halogens is 3. The van der Waals surface area contributed by atoms with Crippen LogP contribution in [0, 0.1) is 13.8 Å². The third kappa shape index (κ3) is 2.72. The van der Waals surface area contributed by atoms with Gasteiger partial charge in [0.15, 0.2) is 5.71 Å². The van der Waals surface area contributed by atoms with Crippen molar-refractivity contribution in [2.45, 2.75) is 32.5 Å². The second kappa shape index (κ2) is 5.38. The quantitative estimate of drug-likeness (QED) is 0.937. The molecule has 0 fully saturated rings. The van der Waals surface area contributed by atoms with Crippen LogP contribution in [0.1, 0.15) is 16.9 Å². The van der Waals surface area contributed by atoms with Crippen molar-refractivity contribution in [2.24, 2.45) is 5.16 Å². The van der Waals surface area contributed by atoms with Gasteiger partial charge in [-0.05, 0) is 19.4 Å². The zero-order chi connectivity index (χ0) is 15.9. The smallest absolute Gasteiger partial charge is 0.390 e. The second-order valence-corrected chi connectivity index (χ2v) is 6.24. The van der Waals surface area contributed by atoms with E-state index in [1.807, 2.05) is 13.8 Å². The largest absolute Gasteiger partial charge is 0.432 e. The van der Waals surface area contributed by atoms with Crippen LogP contribution in [0.25, 0.3) is 10.2 Å². The molecule has 3 heterocycles. The van der Waals surface area contributed by atoms with Crippen molar-refractivity contribution in [3.05, 3.63) is 16.8 Å². The number of anilines is 1. The lowest BCUT2D eigenvalue weighted by Crippen LogP contribution is -2.26. The number of alkyl halides is 3. The van der Waals surface area contributed by atoms with E-state index in [1.54, 1.807) is 11.3 Å². The van der Waals surface area contributed by atoms with Gasteiger partial charge in [0.2, 0.25) is 0 Å². The van der Waals surface area contributed by atoms with Gasteiger partial charge in [-0.2, -0.15) is 13.2 Å². The molecule has 0 aliphatic carbocycles. The predicted octanol–water partition coefficient (Wildman–Crippen LogP) is 3.43. The van der Waals surface area contributed by atoms with Crippen molar-refractivity contribution in [3.8, 4) is 0 Å². The molecule has 0 amide bonds. The molecule has 2 aromatic heterocycles. The number of oxime groups is 1. The number of thiophene rings is 1. The number of hydrogen-bond acceptors (Lipinski definition) is 6. The summed E-state index contributed by atoms with van der Waals surface area (Å²) in [5.41, 5.74) is 0.192. The maximum absolute atomic E-state index is 12.5. The molecule has 1 unspecified atom stereocenters. The van der Waals surface area contributed by atoms with Gasteiger partial charge in [-0.25, -0.2) is 9.97 Å². The lowest BCUT2D eigenvalue weighted by atomic mass is 10.1. The first-order valence-corrected chi connectivity index (χ1v) is 7.42. The molecule has 1 aliphatic rings. The van der Waals surface area contributed by atoms with E-state index < -0.39 is 18.0 Å². The maximum atomic E-state index is 12.5. The summed E-state index contributed by atoms with van der Waals surface area (Å²) in [7, 11) is 0. The van der Waals surface area contributed by atoms with Gasteiger partial charge in [0.05, 0.1) is 11.9 Å². The Labute approximate surface area is 128 Å². The molecule has 0 aromatic carbocycles. The SMILES string of the molecule is Cc1sc2ncnc(NCC3CC(C(F)(F)F)=NO3)c2c1C. The van der Waals surface area contributed by atoms with Gasteiger partial charge in [-0.1, -0.05) is 5.16 Å². The van der Waals surface area contributed by atoms with Crippen LogP contribution in [0.15, 0.2) is 11.5 Å². The summed E-state index contributed by atoms with van der Waals surface area (Å²) in [5, 5.41) is 7.05. The molecule has 0 radical (unpaired) electrons. The van der Waals surface area contributed by atoms with Gasteiger partial charge in [0, 0.05) is 11.3 Å². The van der Waals surface area contributed by atoms with E-state index in [0.717, 1.165) is 20.7 Å². The van der Waals surface area contributed by atoms with Crippen molar-refractivity contribution < 1.29 is 18.0 Å². The van der Waals surface area contributed by atoms with E-state index in [9.17, 15) is 13.2 Å². The first-order valence-electron chi connectivity index (χ1n) is 6.60. The minimum absolute atomic E-state index is 0.198. The maximum Gasteiger partial charge on any atom is 0.432 e. The Bertz CT molecular complexity index is 741. The fourth-order valence-electron chi connectivity index (χ4n) is 2.23. The Morgan fingerprint density at radius 3 is 2.82 bits per heavy atom. The third-order valence-electron chi connectivity index (χ3n) is 3.52. The van der Waals surface area contributed by atoms with E-state index >= 15 is 0 Å². The van der Waals surface area contributed by atoms with Crippen molar-refractivity contribution in [1.82, 2.24) is 9.97 Å². The lowest BCUT2D eigenvalue weighted by molar-refractivity contribution is -0.0604. The van der Waals surface area contributed by atoms with Crippen molar-refractivity contribution in [3.63, 3.8) is 0 Å². The van der Waals surface area contributed by atoms with Crippen LogP contribution in [-0.4, -0.2) is 34.5 Å². The summed E-state index contributed by atoms with van der Waals surface area (Å²) in [6.45, 7) is 4.16. The molecular weight excluding hydrogens is 317 g/mol. The molecular formula is C13H13F3N4OS. The molecule has 5 nitrogen and oxygen atoms in total. The first-order chi connectivity index (χ1) is 10.4. The average Bonchev–Trinajstić information content (AvgIpc) is 3.03. The molecule has 22 heavy (non-hydrogen) atoms. The van der Waals surface area contributed by atoms with Crippen LogP contribution in [-0.2, 0) is 4.84 Å². The van der Waals surface area contributed by atoms with Gasteiger partial charge in [0.25, 0.3) is 0 Å². The van der Waals surface area contributed by atoms with Crippen LogP contribution in [0.4, 0.5) is 19.0 Å². The topological polar surface area (TPSA) is 59.4 Å². The number of aryl methyl sites for hydroxylation is 2. The highest BCUT2D eigenvalue weighted by atomic mass is 32.1. The Morgan fingerprint density at radius 2 is 2.14 bits per heavy atom. The fourth-order valence-corrected chi connectivity index (χ4v) is 3.23. The van der Waals surface area contributed by atoms with Crippen LogP contribution < -0.4 is 5.32 Å². The monoisotopic (exact) mass is 330 g/mol. The number of nitrogens with one attached hydrogen (secondary N) is 1. The summed E-state index contributed by atoms with van der Waals surface area (Å²) in [4.78, 5) is 15.2. The van der Waals surface area contributed by atoms with Gasteiger partial charge in [-0.3, -0.25) is 0 Å². The van der Waals surface area contributed by atoms with Gasteiger partial charge in [0.1, 0.15) is 23.1 Å². The van der Waals surface area contributed by atoms with Gasteiger partial charge < -0.3 is 10.2 Å². The van der Waals surface area contributed by atoms with Gasteiger partial charge in [-0.15, -0.1) is 11.3 Å². The normalized spacial score (nSPS) is 18.4. The molecule has 2 aromatic rings.